The van der Waals surface area contributed by atoms with Gasteiger partial charge in [0, 0.05) is 30.9 Å². The van der Waals surface area contributed by atoms with Gasteiger partial charge in [-0.25, -0.2) is 4.99 Å². The molecule has 0 aliphatic rings. The van der Waals surface area contributed by atoms with E-state index in [1.165, 1.54) is 0 Å². The van der Waals surface area contributed by atoms with Crippen LogP contribution in [0.3, 0.4) is 0 Å². The fourth-order valence-electron chi connectivity index (χ4n) is 2.54. The van der Waals surface area contributed by atoms with Crippen LogP contribution in [0.25, 0.3) is 0 Å². The van der Waals surface area contributed by atoms with Crippen LogP contribution in [0.15, 0.2) is 47.5 Å². The van der Waals surface area contributed by atoms with E-state index in [-0.39, 0.29) is 29.9 Å². The van der Waals surface area contributed by atoms with E-state index < -0.39 is 0 Å². The van der Waals surface area contributed by atoms with Gasteiger partial charge in [0.15, 0.2) is 17.5 Å². The Morgan fingerprint density at radius 1 is 1.07 bits per heavy atom. The maximum Gasteiger partial charge on any atom is 0.251 e. The van der Waals surface area contributed by atoms with Gasteiger partial charge in [-0.15, -0.1) is 24.0 Å². The summed E-state index contributed by atoms with van der Waals surface area (Å²) in [5.41, 5.74) is 2.48. The third-order valence-electron chi connectivity index (χ3n) is 3.93. The zero-order valence-electron chi connectivity index (χ0n) is 17.2. The van der Waals surface area contributed by atoms with Crippen molar-refractivity contribution in [1.82, 2.24) is 10.6 Å². The summed E-state index contributed by atoms with van der Waals surface area (Å²) in [4.78, 5) is 16.2. The number of methoxy groups -OCH3 is 1. The molecule has 3 N–H and O–H groups in total. The van der Waals surface area contributed by atoms with Gasteiger partial charge in [0.1, 0.15) is 0 Å². The highest BCUT2D eigenvalue weighted by molar-refractivity contribution is 14.0. The Labute approximate surface area is 189 Å². The Bertz CT molecular complexity index is 810. The molecule has 1 amide bonds. The van der Waals surface area contributed by atoms with E-state index in [1.54, 1.807) is 26.3 Å². The van der Waals surface area contributed by atoms with Crippen molar-refractivity contribution in [2.24, 2.45) is 4.99 Å². The number of carbonyl (C=O) groups excluding carboxylic acids is 1. The first kappa shape index (κ1) is 24.5. The topological polar surface area (TPSA) is 84.0 Å². The van der Waals surface area contributed by atoms with Crippen molar-refractivity contribution >= 4 is 41.5 Å². The number of nitrogens with zero attached hydrogens (tertiary/aromatic N) is 1. The van der Waals surface area contributed by atoms with Crippen molar-refractivity contribution in [2.75, 3.05) is 32.6 Å². The molecule has 2 aromatic carbocycles. The summed E-state index contributed by atoms with van der Waals surface area (Å²) in [6, 6.07) is 13.0. The highest BCUT2D eigenvalue weighted by Crippen LogP contribution is 2.30. The van der Waals surface area contributed by atoms with E-state index in [1.807, 2.05) is 44.2 Å². The number of carbonyl (C=O) groups is 1. The highest BCUT2D eigenvalue weighted by Gasteiger charge is 2.07. The summed E-state index contributed by atoms with van der Waals surface area (Å²) in [6.07, 6.45) is 0. The van der Waals surface area contributed by atoms with Crippen LogP contribution in [0.2, 0.25) is 0 Å². The number of aliphatic imine (C=N–C) groups is 1. The van der Waals surface area contributed by atoms with E-state index in [4.69, 9.17) is 9.47 Å². The van der Waals surface area contributed by atoms with Gasteiger partial charge in [-0.3, -0.25) is 4.79 Å². The summed E-state index contributed by atoms with van der Waals surface area (Å²) >= 11 is 0. The second-order valence-electron chi connectivity index (χ2n) is 5.89. The maximum atomic E-state index is 11.6. The Balaban J connectivity index is 0.00000420. The van der Waals surface area contributed by atoms with Crippen LogP contribution >= 0.6 is 24.0 Å². The van der Waals surface area contributed by atoms with E-state index in [0.717, 1.165) is 17.8 Å². The molecule has 0 aliphatic heterocycles. The summed E-state index contributed by atoms with van der Waals surface area (Å²) in [5.74, 6) is 1.92. The molecule has 7 nitrogen and oxygen atoms in total. The molecule has 0 spiro atoms. The number of anilines is 1. The van der Waals surface area contributed by atoms with E-state index in [0.29, 0.717) is 36.2 Å². The Morgan fingerprint density at radius 2 is 1.79 bits per heavy atom. The Hall–Kier alpha value is -2.49. The quantitative estimate of drug-likeness (QED) is 0.286. The van der Waals surface area contributed by atoms with E-state index >= 15 is 0 Å². The number of hydrogen-bond acceptors (Lipinski definition) is 4. The van der Waals surface area contributed by atoms with Gasteiger partial charge in [0.25, 0.3) is 5.91 Å². The van der Waals surface area contributed by atoms with Crippen molar-refractivity contribution in [2.45, 2.75) is 20.4 Å². The average Bonchev–Trinajstić information content (AvgIpc) is 2.73. The minimum atomic E-state index is -0.102. The molecular weight excluding hydrogens is 483 g/mol. The third kappa shape index (κ3) is 7.45. The molecule has 2 aromatic rings. The molecule has 0 saturated heterocycles. The molecular formula is C21H29IN4O3. The largest absolute Gasteiger partial charge is 0.493 e. The lowest BCUT2D eigenvalue weighted by molar-refractivity contribution is 0.0963. The summed E-state index contributed by atoms with van der Waals surface area (Å²) in [7, 11) is 3.23. The number of ether oxygens (including phenoxy) is 2. The van der Waals surface area contributed by atoms with Gasteiger partial charge in [-0.05, 0) is 43.7 Å². The highest BCUT2D eigenvalue weighted by atomic mass is 127. The van der Waals surface area contributed by atoms with Crippen molar-refractivity contribution in [1.29, 1.82) is 0 Å². The number of guanidine groups is 1. The number of benzene rings is 2. The molecule has 2 rings (SSSR count). The lowest BCUT2D eigenvalue weighted by atomic mass is 10.1. The molecule has 0 heterocycles. The van der Waals surface area contributed by atoms with Crippen molar-refractivity contribution in [3.63, 3.8) is 0 Å². The standard InChI is InChI=1S/C21H28N4O3.HI/c1-5-23-21(24-14-15-7-9-16(10-8-15)20(26)22-3)25-17-11-12-18(28-6-2)19(13-17)27-4;/h7-13H,5-6,14H2,1-4H3,(H,22,26)(H2,23,24,25);1H. The van der Waals surface area contributed by atoms with Crippen LogP contribution in [0.5, 0.6) is 11.5 Å². The second-order valence-corrected chi connectivity index (χ2v) is 5.89. The van der Waals surface area contributed by atoms with Crippen molar-refractivity contribution in [3.05, 3.63) is 53.6 Å². The van der Waals surface area contributed by atoms with Crippen LogP contribution in [-0.2, 0) is 6.54 Å². The normalized spacial score (nSPS) is 10.6. The van der Waals surface area contributed by atoms with E-state index in [9.17, 15) is 4.79 Å². The van der Waals surface area contributed by atoms with Crippen LogP contribution in [0.4, 0.5) is 5.69 Å². The fourth-order valence-corrected chi connectivity index (χ4v) is 2.54. The first-order valence-corrected chi connectivity index (χ1v) is 9.28. The smallest absolute Gasteiger partial charge is 0.251 e. The molecule has 0 aromatic heterocycles. The van der Waals surface area contributed by atoms with Crippen molar-refractivity contribution in [3.8, 4) is 11.5 Å². The lowest BCUT2D eigenvalue weighted by Crippen LogP contribution is -2.30. The van der Waals surface area contributed by atoms with Crippen LogP contribution in [0, 0.1) is 0 Å². The predicted octanol–water partition coefficient (Wildman–Crippen LogP) is 3.65. The molecule has 29 heavy (non-hydrogen) atoms. The lowest BCUT2D eigenvalue weighted by Gasteiger charge is -2.14. The van der Waals surface area contributed by atoms with Crippen molar-refractivity contribution < 1.29 is 14.3 Å². The van der Waals surface area contributed by atoms with Gasteiger partial charge in [0.05, 0.1) is 20.3 Å². The van der Waals surface area contributed by atoms with E-state index in [2.05, 4.69) is 20.9 Å². The average molecular weight is 512 g/mol. The fraction of sp³-hybridized carbons (Fsp3) is 0.333. The molecule has 0 saturated carbocycles. The first-order chi connectivity index (χ1) is 13.6. The van der Waals surface area contributed by atoms with Crippen LogP contribution < -0.4 is 25.4 Å². The Morgan fingerprint density at radius 3 is 2.38 bits per heavy atom. The SMILES string of the molecule is CCNC(=NCc1ccc(C(=O)NC)cc1)Nc1ccc(OCC)c(OC)c1.I. The summed E-state index contributed by atoms with van der Waals surface area (Å²) < 4.78 is 10.9. The second kappa shape index (κ2) is 12.9. The molecule has 158 valence electrons. The number of hydrogen-bond donors (Lipinski definition) is 3. The summed E-state index contributed by atoms with van der Waals surface area (Å²) in [5, 5.41) is 9.10. The zero-order chi connectivity index (χ0) is 20.4. The molecule has 0 aliphatic carbocycles. The molecule has 0 fully saturated rings. The molecule has 0 unspecified atom stereocenters. The molecule has 0 atom stereocenters. The number of amides is 1. The number of rotatable bonds is 8. The zero-order valence-corrected chi connectivity index (χ0v) is 19.6. The number of halogens is 1. The third-order valence-corrected chi connectivity index (χ3v) is 3.93. The van der Waals surface area contributed by atoms with Gasteiger partial charge in [-0.2, -0.15) is 0 Å². The van der Waals surface area contributed by atoms with Gasteiger partial charge in [-0.1, -0.05) is 12.1 Å². The minimum absolute atomic E-state index is 0. The predicted molar refractivity (Wildman–Crippen MR) is 128 cm³/mol. The van der Waals surface area contributed by atoms with Gasteiger partial charge in [0.2, 0.25) is 0 Å². The first-order valence-electron chi connectivity index (χ1n) is 9.28. The molecule has 0 radical (unpaired) electrons. The van der Waals surface area contributed by atoms with Crippen LogP contribution in [-0.4, -0.2) is 39.2 Å². The molecule has 0 bridgehead atoms. The monoisotopic (exact) mass is 512 g/mol. The number of nitrogens with one attached hydrogen (secondary N) is 3. The minimum Gasteiger partial charge on any atom is -0.493 e. The van der Waals surface area contributed by atoms with Gasteiger partial charge >= 0.3 is 0 Å². The van der Waals surface area contributed by atoms with Gasteiger partial charge < -0.3 is 25.4 Å². The summed E-state index contributed by atoms with van der Waals surface area (Å²) in [6.45, 7) is 5.73. The Kier molecular flexibility index (Phi) is 10.9. The maximum absolute atomic E-state index is 11.6. The molecule has 8 heteroatoms. The van der Waals surface area contributed by atoms with Crippen LogP contribution in [0.1, 0.15) is 29.8 Å².